The van der Waals surface area contributed by atoms with Gasteiger partial charge in [0, 0.05) is 13.0 Å². The first-order valence-electron chi connectivity index (χ1n) is 23.6. The largest absolute Gasteiger partial charge is 0.457 e. The molecule has 1 aliphatic heterocycles. The minimum absolute atomic E-state index is 0.115. The lowest BCUT2D eigenvalue weighted by Gasteiger charge is -2.39. The summed E-state index contributed by atoms with van der Waals surface area (Å²) in [4.78, 5) is 12.8. The van der Waals surface area contributed by atoms with Gasteiger partial charge >= 0.3 is 5.97 Å². The standard InChI is InChI=1S/C48H88O9/c1-3-5-7-9-11-13-15-17-19-21-23-25-27-29-31-33-35-37-44(50)56-42(41-55-48-47(53)46(52)45(51)43(39-49)57-48)40-54-38-36-34-32-30-28-26-24-22-20-18-16-14-12-10-8-6-4-2/h5,7,11,13,17,19,42-43,45-49,51-53H,3-4,6,8-10,12,14-16,18,20-41H2,1-2H3/b7-5-,13-11-,19-17-. The van der Waals surface area contributed by atoms with E-state index < -0.39 is 43.4 Å². The number of esters is 1. The highest BCUT2D eigenvalue weighted by Crippen LogP contribution is 2.23. The molecule has 1 heterocycles. The van der Waals surface area contributed by atoms with E-state index in [9.17, 15) is 25.2 Å². The second-order valence-corrected chi connectivity index (χ2v) is 16.2. The van der Waals surface area contributed by atoms with Crippen molar-refractivity contribution in [2.45, 2.75) is 237 Å². The zero-order valence-electron chi connectivity index (χ0n) is 36.6. The van der Waals surface area contributed by atoms with E-state index in [1.54, 1.807) is 0 Å². The maximum atomic E-state index is 12.8. The lowest BCUT2D eigenvalue weighted by Crippen LogP contribution is -2.59. The number of aliphatic hydroxyl groups excluding tert-OH is 4. The molecule has 0 amide bonds. The van der Waals surface area contributed by atoms with E-state index in [0.29, 0.717) is 13.0 Å². The van der Waals surface area contributed by atoms with Gasteiger partial charge in [-0.25, -0.2) is 0 Å². The van der Waals surface area contributed by atoms with E-state index in [-0.39, 0.29) is 19.2 Å². The van der Waals surface area contributed by atoms with Crippen LogP contribution in [0.25, 0.3) is 0 Å². The Labute approximate surface area is 349 Å². The van der Waals surface area contributed by atoms with Gasteiger partial charge in [0.05, 0.1) is 19.8 Å². The molecule has 0 spiro atoms. The quantitative estimate of drug-likeness (QED) is 0.0271. The fourth-order valence-corrected chi connectivity index (χ4v) is 7.15. The molecule has 1 aliphatic rings. The van der Waals surface area contributed by atoms with Crippen LogP contribution >= 0.6 is 0 Å². The Balaban J connectivity index is 2.24. The van der Waals surface area contributed by atoms with Crippen LogP contribution in [0.3, 0.4) is 0 Å². The molecule has 1 saturated heterocycles. The van der Waals surface area contributed by atoms with Crippen LogP contribution < -0.4 is 0 Å². The molecule has 334 valence electrons. The predicted octanol–water partition coefficient (Wildman–Crippen LogP) is 10.8. The third-order valence-corrected chi connectivity index (χ3v) is 10.8. The topological polar surface area (TPSA) is 135 Å². The monoisotopic (exact) mass is 809 g/mol. The van der Waals surface area contributed by atoms with Crippen molar-refractivity contribution in [3.05, 3.63) is 36.5 Å². The van der Waals surface area contributed by atoms with E-state index in [0.717, 1.165) is 64.2 Å². The molecular weight excluding hydrogens is 721 g/mol. The predicted molar refractivity (Wildman–Crippen MR) is 233 cm³/mol. The molecule has 4 N–H and O–H groups in total. The summed E-state index contributed by atoms with van der Waals surface area (Å²) in [5.41, 5.74) is 0. The molecule has 0 aromatic carbocycles. The van der Waals surface area contributed by atoms with Crippen LogP contribution in [0.5, 0.6) is 0 Å². The van der Waals surface area contributed by atoms with Gasteiger partial charge in [0.2, 0.25) is 0 Å². The lowest BCUT2D eigenvalue weighted by molar-refractivity contribution is -0.305. The summed E-state index contributed by atoms with van der Waals surface area (Å²) in [6.45, 7) is 4.46. The summed E-state index contributed by atoms with van der Waals surface area (Å²) in [6.07, 6.45) is 40.2. The first kappa shape index (κ1) is 53.4. The van der Waals surface area contributed by atoms with E-state index in [2.05, 4.69) is 50.3 Å². The number of aliphatic hydroxyl groups is 4. The Morgan fingerprint density at radius 3 is 1.61 bits per heavy atom. The molecule has 0 saturated carbocycles. The Hall–Kier alpha value is -1.59. The van der Waals surface area contributed by atoms with Crippen LogP contribution in [-0.4, -0.2) is 89.6 Å². The summed E-state index contributed by atoms with van der Waals surface area (Å²) in [7, 11) is 0. The van der Waals surface area contributed by atoms with Crippen LogP contribution in [0, 0.1) is 0 Å². The highest BCUT2D eigenvalue weighted by Gasteiger charge is 2.44. The van der Waals surface area contributed by atoms with E-state index in [1.165, 1.54) is 116 Å². The van der Waals surface area contributed by atoms with Gasteiger partial charge in [0.1, 0.15) is 30.5 Å². The van der Waals surface area contributed by atoms with Gasteiger partial charge in [-0.15, -0.1) is 0 Å². The van der Waals surface area contributed by atoms with Crippen molar-refractivity contribution in [1.82, 2.24) is 0 Å². The molecule has 0 radical (unpaired) electrons. The molecule has 1 rings (SSSR count). The van der Waals surface area contributed by atoms with Crippen LogP contribution in [-0.2, 0) is 23.7 Å². The zero-order chi connectivity index (χ0) is 41.4. The van der Waals surface area contributed by atoms with Crippen LogP contribution in [0.2, 0.25) is 0 Å². The van der Waals surface area contributed by atoms with E-state index >= 15 is 0 Å². The van der Waals surface area contributed by atoms with Gasteiger partial charge in [-0.1, -0.05) is 185 Å². The number of carbonyl (C=O) groups excluding carboxylic acids is 1. The van der Waals surface area contributed by atoms with Gasteiger partial charge in [-0.2, -0.15) is 0 Å². The lowest BCUT2D eigenvalue weighted by atomic mass is 9.99. The van der Waals surface area contributed by atoms with Crippen molar-refractivity contribution < 1.29 is 44.2 Å². The minimum Gasteiger partial charge on any atom is -0.457 e. The summed E-state index contributed by atoms with van der Waals surface area (Å²) >= 11 is 0. The summed E-state index contributed by atoms with van der Waals surface area (Å²) in [5.74, 6) is -0.321. The number of allylic oxidation sites excluding steroid dienone is 6. The Bertz CT molecular complexity index is 968. The minimum atomic E-state index is -1.54. The summed E-state index contributed by atoms with van der Waals surface area (Å²) < 4.78 is 22.8. The summed E-state index contributed by atoms with van der Waals surface area (Å²) in [6, 6.07) is 0. The zero-order valence-corrected chi connectivity index (χ0v) is 36.6. The highest BCUT2D eigenvalue weighted by molar-refractivity contribution is 5.69. The van der Waals surface area contributed by atoms with E-state index in [4.69, 9.17) is 18.9 Å². The van der Waals surface area contributed by atoms with Crippen LogP contribution in [0.1, 0.15) is 200 Å². The third-order valence-electron chi connectivity index (χ3n) is 10.8. The molecule has 6 atom stereocenters. The average molecular weight is 809 g/mol. The first-order chi connectivity index (χ1) is 27.9. The van der Waals surface area contributed by atoms with Crippen molar-refractivity contribution in [3.8, 4) is 0 Å². The molecule has 6 unspecified atom stereocenters. The van der Waals surface area contributed by atoms with Crippen molar-refractivity contribution in [2.75, 3.05) is 26.4 Å². The van der Waals surface area contributed by atoms with Gasteiger partial charge in [0.25, 0.3) is 0 Å². The molecule has 57 heavy (non-hydrogen) atoms. The van der Waals surface area contributed by atoms with Crippen LogP contribution in [0.4, 0.5) is 0 Å². The maximum absolute atomic E-state index is 12.8. The number of carbonyl (C=O) groups is 1. The SMILES string of the molecule is CC/C=C\C/C=C\C/C=C\CCCCCCCCCC(=O)OC(COCCCCCCCCCCCCCCCCCCC)COC1OC(CO)C(O)C(O)C1O. The molecule has 9 nitrogen and oxygen atoms in total. The number of hydrogen-bond donors (Lipinski definition) is 4. The van der Waals surface area contributed by atoms with Crippen molar-refractivity contribution in [1.29, 1.82) is 0 Å². The number of hydrogen-bond acceptors (Lipinski definition) is 9. The van der Waals surface area contributed by atoms with Gasteiger partial charge in [-0.3, -0.25) is 4.79 Å². The molecule has 9 heteroatoms. The Morgan fingerprint density at radius 1 is 0.579 bits per heavy atom. The van der Waals surface area contributed by atoms with Crippen molar-refractivity contribution in [2.24, 2.45) is 0 Å². The van der Waals surface area contributed by atoms with Crippen molar-refractivity contribution >= 4 is 5.97 Å². The van der Waals surface area contributed by atoms with Crippen LogP contribution in [0.15, 0.2) is 36.5 Å². The Kier molecular flexibility index (Phi) is 37.4. The van der Waals surface area contributed by atoms with Gasteiger partial charge in [-0.05, 0) is 44.9 Å². The number of rotatable bonds is 40. The fourth-order valence-electron chi connectivity index (χ4n) is 7.15. The third kappa shape index (κ3) is 31.0. The fraction of sp³-hybridized carbons (Fsp3) is 0.854. The molecular formula is C48H88O9. The molecule has 0 aromatic rings. The maximum Gasteiger partial charge on any atom is 0.306 e. The normalized spacial score (nSPS) is 20.7. The molecule has 0 aliphatic carbocycles. The smallest absolute Gasteiger partial charge is 0.306 e. The average Bonchev–Trinajstić information content (AvgIpc) is 3.21. The molecule has 1 fully saturated rings. The van der Waals surface area contributed by atoms with Gasteiger partial charge in [0.15, 0.2) is 6.29 Å². The van der Waals surface area contributed by atoms with Crippen molar-refractivity contribution in [3.63, 3.8) is 0 Å². The van der Waals surface area contributed by atoms with Gasteiger partial charge < -0.3 is 39.4 Å². The van der Waals surface area contributed by atoms with E-state index in [1.807, 2.05) is 0 Å². The highest BCUT2D eigenvalue weighted by atomic mass is 16.7. The molecule has 0 aromatic heterocycles. The first-order valence-corrected chi connectivity index (χ1v) is 23.6. The number of unbranched alkanes of at least 4 members (excludes halogenated alkanes) is 23. The molecule has 0 bridgehead atoms. The second-order valence-electron chi connectivity index (χ2n) is 16.2. The second kappa shape index (κ2) is 39.8. The summed E-state index contributed by atoms with van der Waals surface area (Å²) in [5, 5.41) is 40.1. The number of ether oxygens (including phenoxy) is 4. The Morgan fingerprint density at radius 2 is 1.07 bits per heavy atom.